The summed E-state index contributed by atoms with van der Waals surface area (Å²) in [6.45, 7) is 4.67. The molecule has 1 saturated carbocycles. The van der Waals surface area contributed by atoms with Crippen LogP contribution in [0.2, 0.25) is 0 Å². The van der Waals surface area contributed by atoms with Crippen LogP contribution < -0.4 is 10.5 Å². The Kier molecular flexibility index (Phi) is 3.33. The van der Waals surface area contributed by atoms with Gasteiger partial charge in [0.05, 0.1) is 0 Å². The molecule has 1 aliphatic rings. The lowest BCUT2D eigenvalue weighted by molar-refractivity contribution is 0.556. The van der Waals surface area contributed by atoms with Crippen LogP contribution in [0.1, 0.15) is 25.1 Å². The molecule has 0 aromatic carbocycles. The largest absolute Gasteiger partial charge is 0.330 e. The Morgan fingerprint density at radius 2 is 2.18 bits per heavy atom. The fourth-order valence-corrected chi connectivity index (χ4v) is 4.49. The lowest BCUT2D eigenvalue weighted by atomic mass is 10.2. The number of thiophene rings is 1. The van der Waals surface area contributed by atoms with Gasteiger partial charge in [0, 0.05) is 10.9 Å². The molecule has 0 saturated heterocycles. The van der Waals surface area contributed by atoms with Crippen LogP contribution in [0, 0.1) is 5.41 Å². The first-order chi connectivity index (χ1) is 7.85. The Labute approximate surface area is 106 Å². The second-order valence-electron chi connectivity index (χ2n) is 5.13. The van der Waals surface area contributed by atoms with Crippen LogP contribution in [0.15, 0.2) is 16.3 Å². The van der Waals surface area contributed by atoms with Crippen molar-refractivity contribution in [2.45, 2.75) is 36.9 Å². The molecule has 0 bridgehead atoms. The molecule has 1 atom stereocenters. The van der Waals surface area contributed by atoms with Crippen LogP contribution in [0.5, 0.6) is 0 Å². The van der Waals surface area contributed by atoms with Crippen LogP contribution >= 0.6 is 11.3 Å². The fraction of sp³-hybridized carbons (Fsp3) is 0.636. The summed E-state index contributed by atoms with van der Waals surface area (Å²) in [7, 11) is -3.34. The maximum Gasteiger partial charge on any atom is 0.250 e. The Hall–Kier alpha value is -0.430. The second kappa shape index (κ2) is 4.35. The summed E-state index contributed by atoms with van der Waals surface area (Å²) in [6.07, 6.45) is 1.64. The van der Waals surface area contributed by atoms with Gasteiger partial charge in [-0.05, 0) is 36.9 Å². The van der Waals surface area contributed by atoms with E-state index < -0.39 is 10.0 Å². The highest BCUT2D eigenvalue weighted by Crippen LogP contribution is 2.45. The van der Waals surface area contributed by atoms with Crippen molar-refractivity contribution in [2.75, 3.05) is 6.54 Å². The topological polar surface area (TPSA) is 72.2 Å². The average Bonchev–Trinajstić information content (AvgIpc) is 2.66. The number of nitrogens with two attached hydrogens (primary N) is 1. The van der Waals surface area contributed by atoms with E-state index >= 15 is 0 Å². The number of hydrogen-bond donors (Lipinski definition) is 2. The average molecular weight is 274 g/mol. The van der Waals surface area contributed by atoms with Gasteiger partial charge in [0.25, 0.3) is 0 Å². The molecule has 1 heterocycles. The van der Waals surface area contributed by atoms with Gasteiger partial charge in [-0.25, -0.2) is 13.1 Å². The zero-order valence-corrected chi connectivity index (χ0v) is 11.7. The van der Waals surface area contributed by atoms with Gasteiger partial charge >= 0.3 is 0 Å². The molecule has 2 rings (SSSR count). The molecule has 0 aliphatic heterocycles. The van der Waals surface area contributed by atoms with E-state index in [4.69, 9.17) is 5.73 Å². The van der Waals surface area contributed by atoms with Gasteiger partial charge in [0.1, 0.15) is 4.21 Å². The molecule has 3 N–H and O–H groups in total. The van der Waals surface area contributed by atoms with Crippen molar-refractivity contribution in [3.63, 3.8) is 0 Å². The highest BCUT2D eigenvalue weighted by atomic mass is 32.2. The number of hydrogen-bond acceptors (Lipinski definition) is 4. The minimum absolute atomic E-state index is 0.0764. The molecule has 1 fully saturated rings. The van der Waals surface area contributed by atoms with Gasteiger partial charge < -0.3 is 5.73 Å². The van der Waals surface area contributed by atoms with Gasteiger partial charge in [-0.2, -0.15) is 0 Å². The Morgan fingerprint density at radius 1 is 1.53 bits per heavy atom. The second-order valence-corrected chi connectivity index (χ2v) is 8.24. The van der Waals surface area contributed by atoms with Gasteiger partial charge in [0.2, 0.25) is 10.0 Å². The third kappa shape index (κ3) is 2.88. The highest BCUT2D eigenvalue weighted by Gasteiger charge is 2.48. The molecule has 17 heavy (non-hydrogen) atoms. The maximum absolute atomic E-state index is 12.1. The minimum Gasteiger partial charge on any atom is -0.330 e. The summed E-state index contributed by atoms with van der Waals surface area (Å²) >= 11 is 1.30. The van der Waals surface area contributed by atoms with Crippen LogP contribution in [-0.4, -0.2) is 21.0 Å². The van der Waals surface area contributed by atoms with E-state index in [1.165, 1.54) is 11.3 Å². The Morgan fingerprint density at radius 3 is 2.71 bits per heavy atom. The number of rotatable bonds is 5. The first-order valence-electron chi connectivity index (χ1n) is 5.66. The summed E-state index contributed by atoms with van der Waals surface area (Å²) in [5, 5.41) is 0. The summed E-state index contributed by atoms with van der Waals surface area (Å²) in [6, 6.07) is 3.57. The molecular formula is C11H18N2O2S2. The lowest BCUT2D eigenvalue weighted by Crippen LogP contribution is -2.27. The molecule has 0 spiro atoms. The third-order valence-corrected chi connectivity index (χ3v) is 6.21. The summed E-state index contributed by atoms with van der Waals surface area (Å²) in [5.41, 5.74) is 5.55. The summed E-state index contributed by atoms with van der Waals surface area (Å²) < 4.78 is 27.2. The predicted octanol–water partition coefficient (Wildman–Crippen LogP) is 1.33. The number of nitrogens with one attached hydrogen (secondary N) is 1. The van der Waals surface area contributed by atoms with Gasteiger partial charge in [-0.15, -0.1) is 11.3 Å². The normalized spacial score (nSPS) is 22.6. The van der Waals surface area contributed by atoms with Crippen molar-refractivity contribution in [1.82, 2.24) is 4.72 Å². The Bertz CT molecular complexity index is 505. The molecule has 0 amide bonds. The smallest absolute Gasteiger partial charge is 0.250 e. The van der Waals surface area contributed by atoms with Crippen molar-refractivity contribution in [3.05, 3.63) is 17.0 Å². The molecule has 1 aromatic rings. The lowest BCUT2D eigenvalue weighted by Gasteiger charge is -2.05. The molecule has 0 radical (unpaired) electrons. The van der Waals surface area contributed by atoms with Crippen molar-refractivity contribution in [2.24, 2.45) is 11.1 Å². The first-order valence-corrected chi connectivity index (χ1v) is 7.96. The van der Waals surface area contributed by atoms with Crippen LogP contribution in [0.3, 0.4) is 0 Å². The van der Waals surface area contributed by atoms with E-state index in [-0.39, 0.29) is 11.5 Å². The van der Waals surface area contributed by atoms with Gasteiger partial charge in [-0.1, -0.05) is 13.8 Å². The number of sulfonamides is 1. The van der Waals surface area contributed by atoms with E-state index in [9.17, 15) is 8.42 Å². The first kappa shape index (κ1) is 13.0. The molecule has 1 unspecified atom stereocenters. The van der Waals surface area contributed by atoms with Crippen molar-refractivity contribution in [3.8, 4) is 0 Å². The van der Waals surface area contributed by atoms with Crippen LogP contribution in [0.25, 0.3) is 0 Å². The SMILES string of the molecule is CC1(C)CC1NS(=O)(=O)c1ccc(CCN)s1. The zero-order valence-electron chi connectivity index (χ0n) is 10.1. The van der Waals surface area contributed by atoms with Crippen molar-refractivity contribution in [1.29, 1.82) is 0 Å². The molecular weight excluding hydrogens is 256 g/mol. The quantitative estimate of drug-likeness (QED) is 0.850. The zero-order chi connectivity index (χ0) is 12.7. The van der Waals surface area contributed by atoms with Crippen LogP contribution in [-0.2, 0) is 16.4 Å². The van der Waals surface area contributed by atoms with Crippen LogP contribution in [0.4, 0.5) is 0 Å². The third-order valence-electron chi connectivity index (χ3n) is 3.10. The molecule has 4 nitrogen and oxygen atoms in total. The molecule has 96 valence electrons. The predicted molar refractivity (Wildman–Crippen MR) is 69.6 cm³/mol. The minimum atomic E-state index is -3.34. The standard InChI is InChI=1S/C11H18N2O2S2/c1-11(2)7-9(11)13-17(14,15)10-4-3-8(16-10)5-6-12/h3-4,9,13H,5-7,12H2,1-2H3. The van der Waals surface area contributed by atoms with Gasteiger partial charge in [-0.3, -0.25) is 0 Å². The Balaban J connectivity index is 2.09. The maximum atomic E-state index is 12.1. The summed E-state index contributed by atoms with van der Waals surface area (Å²) in [5.74, 6) is 0. The van der Waals surface area contributed by atoms with Crippen molar-refractivity contribution < 1.29 is 8.42 Å². The van der Waals surface area contributed by atoms with Gasteiger partial charge in [0.15, 0.2) is 0 Å². The monoisotopic (exact) mass is 274 g/mol. The molecule has 1 aliphatic carbocycles. The molecule has 1 aromatic heterocycles. The van der Waals surface area contributed by atoms with E-state index in [0.29, 0.717) is 10.8 Å². The van der Waals surface area contributed by atoms with E-state index in [0.717, 1.165) is 17.7 Å². The van der Waals surface area contributed by atoms with Crippen molar-refractivity contribution >= 4 is 21.4 Å². The summed E-state index contributed by atoms with van der Waals surface area (Å²) in [4.78, 5) is 1.02. The van der Waals surface area contributed by atoms with E-state index in [1.807, 2.05) is 6.07 Å². The fourth-order valence-electron chi connectivity index (χ4n) is 1.69. The van der Waals surface area contributed by atoms with E-state index in [1.54, 1.807) is 6.07 Å². The highest BCUT2D eigenvalue weighted by molar-refractivity contribution is 7.91. The molecule has 6 heteroatoms. The van der Waals surface area contributed by atoms with E-state index in [2.05, 4.69) is 18.6 Å².